The summed E-state index contributed by atoms with van der Waals surface area (Å²) in [6, 6.07) is 0. The first-order chi connectivity index (χ1) is 5.24. The molecule has 0 saturated heterocycles. The van der Waals surface area contributed by atoms with Gasteiger partial charge in [-0.2, -0.15) is 0 Å². The van der Waals surface area contributed by atoms with Gasteiger partial charge in [0.05, 0.1) is 5.54 Å². The molecule has 0 aliphatic rings. The number of aliphatic carboxylic acids is 1. The molecule has 1 unspecified atom stereocenters. The first kappa shape index (κ1) is 11.1. The van der Waals surface area contributed by atoms with Crippen molar-refractivity contribution in [3.63, 3.8) is 0 Å². The van der Waals surface area contributed by atoms with Gasteiger partial charge in [0, 0.05) is 0 Å². The average molecular weight is 173 g/mol. The second kappa shape index (κ2) is 3.67. The average Bonchev–Trinajstić information content (AvgIpc) is 1.79. The molecule has 12 heavy (non-hydrogen) atoms. The van der Waals surface area contributed by atoms with Gasteiger partial charge in [-0.3, -0.25) is 4.99 Å². The van der Waals surface area contributed by atoms with Crippen LogP contribution in [-0.4, -0.2) is 33.5 Å². The molecular weight excluding hydrogens is 158 g/mol. The Bertz CT molecular complexity index is 201. The van der Waals surface area contributed by atoms with Crippen molar-refractivity contribution in [3.8, 4) is 0 Å². The van der Waals surface area contributed by atoms with Crippen LogP contribution in [0.1, 0.15) is 27.7 Å². The molecule has 0 bridgehead atoms. The Morgan fingerprint density at radius 1 is 1.42 bits per heavy atom. The van der Waals surface area contributed by atoms with Crippen molar-refractivity contribution in [1.82, 2.24) is 0 Å². The molecule has 0 spiro atoms. The lowest BCUT2D eigenvalue weighted by Gasteiger charge is -2.15. The topological polar surface area (TPSA) is 69.9 Å². The Kier molecular flexibility index (Phi) is 3.39. The lowest BCUT2D eigenvalue weighted by molar-refractivity contribution is -0.129. The fraction of sp³-hybridized carbons (Fsp3) is 0.750. The third kappa shape index (κ3) is 4.08. The van der Waals surface area contributed by atoms with Crippen molar-refractivity contribution in [2.24, 2.45) is 4.99 Å². The Hall–Kier alpha value is -0.900. The van der Waals surface area contributed by atoms with Gasteiger partial charge in [0.1, 0.15) is 11.8 Å². The zero-order valence-electron chi connectivity index (χ0n) is 7.83. The van der Waals surface area contributed by atoms with Gasteiger partial charge in [-0.25, -0.2) is 4.79 Å². The number of carboxylic acid groups (broad SMARTS) is 1. The molecule has 1 atom stereocenters. The van der Waals surface area contributed by atoms with Crippen LogP contribution in [0, 0.1) is 0 Å². The molecule has 0 saturated carbocycles. The van der Waals surface area contributed by atoms with Crippen LogP contribution < -0.4 is 0 Å². The molecule has 0 rings (SSSR count). The number of nitrogens with zero attached hydrogens (tertiary/aromatic N) is 1. The van der Waals surface area contributed by atoms with Gasteiger partial charge >= 0.3 is 5.97 Å². The van der Waals surface area contributed by atoms with Gasteiger partial charge in [-0.15, -0.1) is 0 Å². The highest BCUT2D eigenvalue weighted by Gasteiger charge is 2.19. The van der Waals surface area contributed by atoms with Crippen molar-refractivity contribution in [1.29, 1.82) is 0 Å². The number of hydrogen-bond donors (Lipinski definition) is 2. The summed E-state index contributed by atoms with van der Waals surface area (Å²) in [4.78, 5) is 14.4. The molecule has 0 aliphatic heterocycles. The fourth-order valence-electron chi connectivity index (χ4n) is 0.681. The van der Waals surface area contributed by atoms with E-state index in [0.29, 0.717) is 0 Å². The molecule has 0 aromatic rings. The largest absolute Gasteiger partial charge is 0.477 e. The highest BCUT2D eigenvalue weighted by atomic mass is 16.4. The summed E-state index contributed by atoms with van der Waals surface area (Å²) in [6.45, 7) is 6.72. The molecule has 0 aromatic heterocycles. The minimum atomic E-state index is -1.17. The summed E-state index contributed by atoms with van der Waals surface area (Å²) in [6.07, 6.45) is -1.03. The normalized spacial score (nSPS) is 15.9. The first-order valence-corrected chi connectivity index (χ1v) is 3.75. The number of rotatable bonds is 2. The van der Waals surface area contributed by atoms with Crippen LogP contribution in [0.4, 0.5) is 0 Å². The lowest BCUT2D eigenvalue weighted by atomic mass is 10.1. The monoisotopic (exact) mass is 173 g/mol. The summed E-state index contributed by atoms with van der Waals surface area (Å²) >= 11 is 0. The third-order valence-electron chi connectivity index (χ3n) is 1.07. The molecule has 2 N–H and O–H groups in total. The van der Waals surface area contributed by atoms with E-state index in [2.05, 4.69) is 4.99 Å². The van der Waals surface area contributed by atoms with Gasteiger partial charge in [0.2, 0.25) is 0 Å². The highest BCUT2D eigenvalue weighted by molar-refractivity contribution is 6.37. The van der Waals surface area contributed by atoms with E-state index in [9.17, 15) is 4.79 Å². The molecule has 0 heterocycles. The van der Waals surface area contributed by atoms with E-state index in [1.165, 1.54) is 6.92 Å². The maximum absolute atomic E-state index is 10.5. The van der Waals surface area contributed by atoms with Gasteiger partial charge < -0.3 is 10.2 Å². The summed E-state index contributed by atoms with van der Waals surface area (Å²) in [5.41, 5.74) is -0.660. The molecule has 4 nitrogen and oxygen atoms in total. The second-order valence-corrected chi connectivity index (χ2v) is 3.65. The predicted molar refractivity (Wildman–Crippen MR) is 46.5 cm³/mol. The maximum atomic E-state index is 10.5. The van der Waals surface area contributed by atoms with Gasteiger partial charge in [-0.1, -0.05) is 0 Å². The number of aliphatic hydroxyl groups excluding tert-OH is 1. The van der Waals surface area contributed by atoms with E-state index < -0.39 is 17.6 Å². The Labute approximate surface area is 71.9 Å². The number of aliphatic imine (C=N–C) groups is 1. The quantitative estimate of drug-likeness (QED) is 0.603. The smallest absolute Gasteiger partial charge is 0.352 e. The molecule has 70 valence electrons. The summed E-state index contributed by atoms with van der Waals surface area (Å²) in [5.74, 6) is -1.17. The Balaban J connectivity index is 4.75. The van der Waals surface area contributed by atoms with Gasteiger partial charge in [0.15, 0.2) is 0 Å². The maximum Gasteiger partial charge on any atom is 0.352 e. The number of hydrogen-bond acceptors (Lipinski definition) is 3. The molecule has 0 radical (unpaired) electrons. The van der Waals surface area contributed by atoms with Crippen molar-refractivity contribution >= 4 is 11.7 Å². The molecule has 0 fully saturated rings. The van der Waals surface area contributed by atoms with Crippen LogP contribution in [0.2, 0.25) is 0 Å². The van der Waals surface area contributed by atoms with Crippen molar-refractivity contribution in [3.05, 3.63) is 0 Å². The SMILES string of the molecule is CC(O)C(=NC(C)(C)C)C(=O)O. The van der Waals surface area contributed by atoms with Crippen molar-refractivity contribution in [2.75, 3.05) is 0 Å². The van der Waals surface area contributed by atoms with Gasteiger partial charge in [0.25, 0.3) is 0 Å². The van der Waals surface area contributed by atoms with Crippen molar-refractivity contribution in [2.45, 2.75) is 39.3 Å². The van der Waals surface area contributed by atoms with E-state index in [1.54, 1.807) is 20.8 Å². The third-order valence-corrected chi connectivity index (χ3v) is 1.07. The lowest BCUT2D eigenvalue weighted by Crippen LogP contribution is -2.29. The van der Waals surface area contributed by atoms with Crippen LogP contribution in [0.25, 0.3) is 0 Å². The predicted octanol–water partition coefficient (Wildman–Crippen LogP) is 0.691. The van der Waals surface area contributed by atoms with E-state index >= 15 is 0 Å². The summed E-state index contributed by atoms with van der Waals surface area (Å²) in [5, 5.41) is 17.7. The number of aliphatic hydroxyl groups is 1. The van der Waals surface area contributed by atoms with Gasteiger partial charge in [-0.05, 0) is 27.7 Å². The van der Waals surface area contributed by atoms with Crippen LogP contribution >= 0.6 is 0 Å². The highest BCUT2D eigenvalue weighted by Crippen LogP contribution is 2.08. The van der Waals surface area contributed by atoms with E-state index in [4.69, 9.17) is 10.2 Å². The summed E-state index contributed by atoms with van der Waals surface area (Å²) in [7, 11) is 0. The number of carbonyl (C=O) groups is 1. The van der Waals surface area contributed by atoms with Crippen molar-refractivity contribution < 1.29 is 15.0 Å². The minimum Gasteiger partial charge on any atom is -0.477 e. The minimum absolute atomic E-state index is 0.192. The molecule has 0 aliphatic carbocycles. The Morgan fingerprint density at radius 2 is 1.83 bits per heavy atom. The van der Waals surface area contributed by atoms with E-state index in [1.807, 2.05) is 0 Å². The first-order valence-electron chi connectivity index (χ1n) is 3.75. The molecule has 4 heteroatoms. The molecule has 0 amide bonds. The Morgan fingerprint density at radius 3 is 1.92 bits per heavy atom. The zero-order chi connectivity index (χ0) is 9.94. The van der Waals surface area contributed by atoms with Crippen LogP contribution in [0.15, 0.2) is 4.99 Å². The van der Waals surface area contributed by atoms with E-state index in [-0.39, 0.29) is 5.71 Å². The summed E-state index contributed by atoms with van der Waals surface area (Å²) < 4.78 is 0. The second-order valence-electron chi connectivity index (χ2n) is 3.65. The number of carboxylic acids is 1. The standard InChI is InChI=1S/C8H15NO3/c1-5(10)6(7(11)12)9-8(2,3)4/h5,10H,1-4H3,(H,11,12). The van der Waals surface area contributed by atoms with Crippen LogP contribution in [0.5, 0.6) is 0 Å². The molecule has 0 aromatic carbocycles. The zero-order valence-corrected chi connectivity index (χ0v) is 7.83. The van der Waals surface area contributed by atoms with Crippen LogP contribution in [0.3, 0.4) is 0 Å². The van der Waals surface area contributed by atoms with E-state index in [0.717, 1.165) is 0 Å². The van der Waals surface area contributed by atoms with Crippen LogP contribution in [-0.2, 0) is 4.79 Å². The molecular formula is C8H15NO3. The fourth-order valence-corrected chi connectivity index (χ4v) is 0.681.